The van der Waals surface area contributed by atoms with Gasteiger partial charge >= 0.3 is 0 Å². The second-order valence-electron chi connectivity index (χ2n) is 5.27. The molecule has 0 saturated heterocycles. The molecular weight excluding hydrogens is 314 g/mol. The number of anilines is 3. The molecular formula is C19H15N5O. The zero-order valence-corrected chi connectivity index (χ0v) is 13.5. The zero-order chi connectivity index (χ0) is 17.6. The molecule has 1 aromatic heterocycles. The van der Waals surface area contributed by atoms with Crippen molar-refractivity contribution in [2.75, 3.05) is 17.3 Å². The molecule has 3 aromatic rings. The molecule has 0 unspecified atom stereocenters. The van der Waals surface area contributed by atoms with Crippen LogP contribution < -0.4 is 10.2 Å². The standard InChI is InChI=1S/C19H15N5O/c1-24(15-8-3-2-4-9-15)19(25)17-12-22-18(13-21-17)23-16-10-6-5-7-14(16)11-20/h2-10,12-13H,1H3,(H,22,23). The number of nitrogens with one attached hydrogen (secondary N) is 1. The van der Waals surface area contributed by atoms with Crippen LogP contribution >= 0.6 is 0 Å². The van der Waals surface area contributed by atoms with E-state index in [9.17, 15) is 4.79 Å². The number of nitrogens with zero attached hydrogens (tertiary/aromatic N) is 4. The van der Waals surface area contributed by atoms with Gasteiger partial charge in [-0.15, -0.1) is 0 Å². The molecule has 0 atom stereocenters. The minimum atomic E-state index is -0.248. The van der Waals surface area contributed by atoms with E-state index in [1.807, 2.05) is 36.4 Å². The van der Waals surface area contributed by atoms with Crippen molar-refractivity contribution in [1.82, 2.24) is 9.97 Å². The monoisotopic (exact) mass is 329 g/mol. The maximum Gasteiger partial charge on any atom is 0.278 e. The van der Waals surface area contributed by atoms with Crippen LogP contribution in [0, 0.1) is 11.3 Å². The van der Waals surface area contributed by atoms with E-state index in [4.69, 9.17) is 5.26 Å². The fraction of sp³-hybridized carbons (Fsp3) is 0.0526. The number of hydrogen-bond acceptors (Lipinski definition) is 5. The molecule has 1 N–H and O–H groups in total. The highest BCUT2D eigenvalue weighted by Crippen LogP contribution is 2.19. The maximum atomic E-state index is 12.5. The summed E-state index contributed by atoms with van der Waals surface area (Å²) in [5, 5.41) is 12.1. The first-order valence-electron chi connectivity index (χ1n) is 7.60. The van der Waals surface area contributed by atoms with Gasteiger partial charge < -0.3 is 10.2 Å². The molecule has 6 nitrogen and oxygen atoms in total. The van der Waals surface area contributed by atoms with E-state index in [0.717, 1.165) is 5.69 Å². The SMILES string of the molecule is CN(C(=O)c1cnc(Nc2ccccc2C#N)cn1)c1ccccc1. The molecule has 1 heterocycles. The Labute approximate surface area is 145 Å². The Kier molecular flexibility index (Phi) is 4.67. The number of amides is 1. The van der Waals surface area contributed by atoms with Gasteiger partial charge in [0.2, 0.25) is 0 Å². The van der Waals surface area contributed by atoms with Crippen LogP contribution in [0.3, 0.4) is 0 Å². The van der Waals surface area contributed by atoms with Crippen LogP contribution in [0.4, 0.5) is 17.2 Å². The van der Waals surface area contributed by atoms with Crippen LogP contribution in [-0.4, -0.2) is 22.9 Å². The van der Waals surface area contributed by atoms with Crippen molar-refractivity contribution in [2.45, 2.75) is 0 Å². The van der Waals surface area contributed by atoms with Gasteiger partial charge in [0.25, 0.3) is 5.91 Å². The lowest BCUT2D eigenvalue weighted by atomic mass is 10.2. The van der Waals surface area contributed by atoms with E-state index in [1.165, 1.54) is 17.3 Å². The van der Waals surface area contributed by atoms with Crippen LogP contribution in [0.2, 0.25) is 0 Å². The molecule has 0 bridgehead atoms. The summed E-state index contributed by atoms with van der Waals surface area (Å²) < 4.78 is 0. The van der Waals surface area contributed by atoms with Crippen molar-refractivity contribution in [3.05, 3.63) is 78.2 Å². The van der Waals surface area contributed by atoms with Gasteiger partial charge in [-0.25, -0.2) is 9.97 Å². The average molecular weight is 329 g/mol. The summed E-state index contributed by atoms with van der Waals surface area (Å²) in [5.41, 5.74) is 2.16. The third kappa shape index (κ3) is 3.62. The molecule has 2 aromatic carbocycles. The molecule has 0 fully saturated rings. The fourth-order valence-corrected chi connectivity index (χ4v) is 2.27. The van der Waals surface area contributed by atoms with Crippen molar-refractivity contribution >= 4 is 23.1 Å². The summed E-state index contributed by atoms with van der Waals surface area (Å²) in [6.45, 7) is 0. The summed E-state index contributed by atoms with van der Waals surface area (Å²) in [6, 6.07) is 18.5. The van der Waals surface area contributed by atoms with Crippen molar-refractivity contribution in [1.29, 1.82) is 5.26 Å². The number of para-hydroxylation sites is 2. The lowest BCUT2D eigenvalue weighted by Crippen LogP contribution is -2.27. The molecule has 6 heteroatoms. The molecule has 0 aliphatic carbocycles. The third-order valence-corrected chi connectivity index (χ3v) is 3.63. The number of benzene rings is 2. The van der Waals surface area contributed by atoms with Gasteiger partial charge in [0.15, 0.2) is 0 Å². The topological polar surface area (TPSA) is 81.9 Å². The van der Waals surface area contributed by atoms with Gasteiger partial charge in [-0.2, -0.15) is 5.26 Å². The lowest BCUT2D eigenvalue weighted by molar-refractivity contribution is 0.0988. The molecule has 0 radical (unpaired) electrons. The van der Waals surface area contributed by atoms with Crippen molar-refractivity contribution in [3.63, 3.8) is 0 Å². The quantitative estimate of drug-likeness (QED) is 0.793. The predicted octanol–water partition coefficient (Wildman–Crippen LogP) is 3.37. The molecule has 0 spiro atoms. The van der Waals surface area contributed by atoms with Crippen LogP contribution in [0.1, 0.15) is 16.1 Å². The summed E-state index contributed by atoms with van der Waals surface area (Å²) in [4.78, 5) is 22.4. The fourth-order valence-electron chi connectivity index (χ4n) is 2.27. The number of hydrogen-bond donors (Lipinski definition) is 1. The highest BCUT2D eigenvalue weighted by molar-refractivity contribution is 6.04. The highest BCUT2D eigenvalue weighted by atomic mass is 16.2. The first kappa shape index (κ1) is 16.1. The summed E-state index contributed by atoms with van der Waals surface area (Å²) in [6.07, 6.45) is 2.89. The summed E-state index contributed by atoms with van der Waals surface area (Å²) in [5.74, 6) is 0.212. The lowest BCUT2D eigenvalue weighted by Gasteiger charge is -2.16. The first-order valence-corrected chi connectivity index (χ1v) is 7.60. The van der Waals surface area contributed by atoms with Gasteiger partial charge in [-0.1, -0.05) is 30.3 Å². The second-order valence-corrected chi connectivity index (χ2v) is 5.27. The Hall–Kier alpha value is -3.72. The van der Waals surface area contributed by atoms with Crippen molar-refractivity contribution in [3.8, 4) is 6.07 Å². The molecule has 3 rings (SSSR count). The Morgan fingerprint density at radius 3 is 2.44 bits per heavy atom. The zero-order valence-electron chi connectivity index (χ0n) is 13.5. The van der Waals surface area contributed by atoms with Gasteiger partial charge in [-0.05, 0) is 24.3 Å². The van der Waals surface area contributed by atoms with Crippen LogP contribution in [0.25, 0.3) is 0 Å². The minimum Gasteiger partial charge on any atom is -0.338 e. The van der Waals surface area contributed by atoms with Crippen LogP contribution in [0.5, 0.6) is 0 Å². The molecule has 0 saturated carbocycles. The van der Waals surface area contributed by atoms with Crippen molar-refractivity contribution < 1.29 is 4.79 Å². The summed E-state index contributed by atoms with van der Waals surface area (Å²) >= 11 is 0. The Bertz CT molecular complexity index is 917. The van der Waals surface area contributed by atoms with Gasteiger partial charge in [0.1, 0.15) is 17.6 Å². The van der Waals surface area contributed by atoms with E-state index >= 15 is 0 Å². The number of carbonyl (C=O) groups excluding carboxylic acids is 1. The number of aromatic nitrogens is 2. The van der Waals surface area contributed by atoms with E-state index < -0.39 is 0 Å². The van der Waals surface area contributed by atoms with Crippen molar-refractivity contribution in [2.24, 2.45) is 0 Å². The van der Waals surface area contributed by atoms with Crippen LogP contribution in [0.15, 0.2) is 67.0 Å². The smallest absolute Gasteiger partial charge is 0.278 e. The molecule has 122 valence electrons. The molecule has 25 heavy (non-hydrogen) atoms. The minimum absolute atomic E-state index is 0.241. The maximum absolute atomic E-state index is 12.5. The van der Waals surface area contributed by atoms with Gasteiger partial charge in [0.05, 0.1) is 23.6 Å². The van der Waals surface area contributed by atoms with Gasteiger partial charge in [0, 0.05) is 12.7 Å². The number of nitriles is 1. The predicted molar refractivity (Wildman–Crippen MR) is 95.6 cm³/mol. The van der Waals surface area contributed by atoms with E-state index in [0.29, 0.717) is 17.1 Å². The summed E-state index contributed by atoms with van der Waals surface area (Å²) in [7, 11) is 1.69. The van der Waals surface area contributed by atoms with Gasteiger partial charge in [-0.3, -0.25) is 4.79 Å². The molecule has 0 aliphatic heterocycles. The molecule has 0 aliphatic rings. The number of rotatable bonds is 4. The third-order valence-electron chi connectivity index (χ3n) is 3.63. The Morgan fingerprint density at radius 2 is 1.76 bits per heavy atom. The van der Waals surface area contributed by atoms with E-state index in [1.54, 1.807) is 25.2 Å². The second kappa shape index (κ2) is 7.23. The number of carbonyl (C=O) groups is 1. The largest absolute Gasteiger partial charge is 0.338 e. The molecule has 1 amide bonds. The Balaban J connectivity index is 1.76. The van der Waals surface area contributed by atoms with E-state index in [-0.39, 0.29) is 11.6 Å². The highest BCUT2D eigenvalue weighted by Gasteiger charge is 2.15. The Morgan fingerprint density at radius 1 is 1.04 bits per heavy atom. The average Bonchev–Trinajstić information content (AvgIpc) is 2.68. The normalized spacial score (nSPS) is 9.92. The first-order chi connectivity index (χ1) is 12.2. The van der Waals surface area contributed by atoms with Crippen LogP contribution in [-0.2, 0) is 0 Å². The van der Waals surface area contributed by atoms with E-state index in [2.05, 4.69) is 21.4 Å².